The second-order valence-electron chi connectivity index (χ2n) is 5.91. The number of aromatic nitrogens is 2. The molecular formula is C19H18N4O3. The van der Waals surface area contributed by atoms with Gasteiger partial charge in [0.2, 0.25) is 5.91 Å². The Hall–Kier alpha value is -3.48. The average Bonchev–Trinajstić information content (AvgIpc) is 3.16. The molecule has 26 heavy (non-hydrogen) atoms. The molecule has 0 radical (unpaired) electrons. The molecule has 3 rings (SSSR count). The number of rotatable bonds is 6. The van der Waals surface area contributed by atoms with Gasteiger partial charge in [-0.1, -0.05) is 30.3 Å². The molecule has 0 spiro atoms. The third-order valence-corrected chi connectivity index (χ3v) is 4.11. The Kier molecular flexibility index (Phi) is 5.07. The second-order valence-corrected chi connectivity index (χ2v) is 5.91. The highest BCUT2D eigenvalue weighted by Crippen LogP contribution is 2.19. The zero-order chi connectivity index (χ0) is 18.5. The van der Waals surface area contributed by atoms with Gasteiger partial charge in [0.15, 0.2) is 0 Å². The summed E-state index contributed by atoms with van der Waals surface area (Å²) in [6.45, 7) is 1.88. The van der Waals surface area contributed by atoms with Gasteiger partial charge >= 0.3 is 0 Å². The minimum absolute atomic E-state index is 0.0331. The van der Waals surface area contributed by atoms with Crippen molar-refractivity contribution in [3.63, 3.8) is 0 Å². The quantitative estimate of drug-likeness (QED) is 0.546. The van der Waals surface area contributed by atoms with E-state index in [4.69, 9.17) is 0 Å². The van der Waals surface area contributed by atoms with Crippen LogP contribution >= 0.6 is 0 Å². The zero-order valence-electron chi connectivity index (χ0n) is 14.2. The molecule has 1 N–H and O–H groups in total. The molecule has 2 aromatic carbocycles. The number of hydrogen-bond donors (Lipinski definition) is 1. The SMILES string of the molecule is C[C@@H](NC(=O)Cc1ccccc1[N+](=O)[O-])c1ccc(-n2ccnc2)cc1. The molecule has 7 nitrogen and oxygen atoms in total. The Labute approximate surface area is 150 Å². The molecule has 0 aliphatic rings. The largest absolute Gasteiger partial charge is 0.349 e. The van der Waals surface area contributed by atoms with Crippen molar-refractivity contribution in [1.29, 1.82) is 0 Å². The Morgan fingerprint density at radius 1 is 1.23 bits per heavy atom. The minimum atomic E-state index is -0.471. The number of nitro groups is 1. The van der Waals surface area contributed by atoms with E-state index in [1.165, 1.54) is 6.07 Å². The molecule has 0 unspecified atom stereocenters. The van der Waals surface area contributed by atoms with Crippen molar-refractivity contribution in [3.05, 3.63) is 88.5 Å². The van der Waals surface area contributed by atoms with Gasteiger partial charge in [-0.2, -0.15) is 0 Å². The molecular weight excluding hydrogens is 332 g/mol. The van der Waals surface area contributed by atoms with Gasteiger partial charge in [-0.25, -0.2) is 4.98 Å². The number of para-hydroxylation sites is 1. The van der Waals surface area contributed by atoms with E-state index in [0.717, 1.165) is 11.3 Å². The number of benzene rings is 2. The first-order valence-corrected chi connectivity index (χ1v) is 8.14. The molecule has 132 valence electrons. The predicted molar refractivity (Wildman–Crippen MR) is 96.9 cm³/mol. The van der Waals surface area contributed by atoms with Crippen molar-refractivity contribution in [2.75, 3.05) is 0 Å². The lowest BCUT2D eigenvalue weighted by Crippen LogP contribution is -2.28. The summed E-state index contributed by atoms with van der Waals surface area (Å²) in [5.41, 5.74) is 2.28. The number of hydrogen-bond acceptors (Lipinski definition) is 4. The van der Waals surface area contributed by atoms with Crippen LogP contribution in [0.1, 0.15) is 24.1 Å². The lowest BCUT2D eigenvalue weighted by atomic mass is 10.1. The summed E-state index contributed by atoms with van der Waals surface area (Å²) in [5, 5.41) is 13.9. The second kappa shape index (κ2) is 7.60. The van der Waals surface area contributed by atoms with Crippen molar-refractivity contribution < 1.29 is 9.72 Å². The smallest absolute Gasteiger partial charge is 0.273 e. The monoisotopic (exact) mass is 350 g/mol. The van der Waals surface area contributed by atoms with E-state index >= 15 is 0 Å². The van der Waals surface area contributed by atoms with Gasteiger partial charge in [0.25, 0.3) is 5.69 Å². The number of carbonyl (C=O) groups is 1. The number of nitro benzene ring substituents is 1. The maximum absolute atomic E-state index is 12.3. The van der Waals surface area contributed by atoms with Crippen molar-refractivity contribution in [3.8, 4) is 5.69 Å². The fourth-order valence-electron chi connectivity index (χ4n) is 2.73. The van der Waals surface area contributed by atoms with Crippen LogP contribution in [0.3, 0.4) is 0 Å². The summed E-state index contributed by atoms with van der Waals surface area (Å²) >= 11 is 0. The highest BCUT2D eigenvalue weighted by Gasteiger charge is 2.17. The number of amides is 1. The number of nitrogens with one attached hydrogen (secondary N) is 1. The lowest BCUT2D eigenvalue weighted by molar-refractivity contribution is -0.385. The van der Waals surface area contributed by atoms with Crippen molar-refractivity contribution in [1.82, 2.24) is 14.9 Å². The van der Waals surface area contributed by atoms with Gasteiger partial charge < -0.3 is 9.88 Å². The third kappa shape index (κ3) is 3.94. The van der Waals surface area contributed by atoms with Crippen LogP contribution in [0.2, 0.25) is 0 Å². The molecule has 1 heterocycles. The molecule has 0 fully saturated rings. The summed E-state index contributed by atoms with van der Waals surface area (Å²) in [5.74, 6) is -0.259. The third-order valence-electron chi connectivity index (χ3n) is 4.11. The van der Waals surface area contributed by atoms with Crippen molar-refractivity contribution >= 4 is 11.6 Å². The summed E-state index contributed by atoms with van der Waals surface area (Å²) in [6.07, 6.45) is 5.24. The highest BCUT2D eigenvalue weighted by molar-refractivity contribution is 5.80. The Morgan fingerprint density at radius 2 is 1.96 bits per heavy atom. The van der Waals surface area contributed by atoms with Gasteiger partial charge in [0.05, 0.1) is 23.7 Å². The van der Waals surface area contributed by atoms with Gasteiger partial charge in [0.1, 0.15) is 0 Å². The summed E-state index contributed by atoms with van der Waals surface area (Å²) < 4.78 is 1.89. The first-order chi connectivity index (χ1) is 12.5. The number of imidazole rings is 1. The van der Waals surface area contributed by atoms with E-state index in [0.29, 0.717) is 5.56 Å². The zero-order valence-corrected chi connectivity index (χ0v) is 14.2. The van der Waals surface area contributed by atoms with Crippen LogP contribution in [0, 0.1) is 10.1 Å². The Balaban J connectivity index is 1.65. The van der Waals surface area contributed by atoms with Crippen LogP contribution < -0.4 is 5.32 Å². The maximum Gasteiger partial charge on any atom is 0.273 e. The van der Waals surface area contributed by atoms with Crippen LogP contribution in [0.4, 0.5) is 5.69 Å². The molecule has 0 bridgehead atoms. The van der Waals surface area contributed by atoms with Gasteiger partial charge in [-0.15, -0.1) is 0 Å². The standard InChI is InChI=1S/C19H18N4O3/c1-14(15-6-8-17(9-7-15)22-11-10-20-13-22)21-19(24)12-16-4-2-3-5-18(16)23(25)26/h2-11,13-14H,12H2,1H3,(H,21,24)/t14-/m1/s1. The first kappa shape index (κ1) is 17.3. The summed E-state index contributed by atoms with van der Waals surface area (Å²) in [7, 11) is 0. The van der Waals surface area contributed by atoms with E-state index in [1.807, 2.05) is 42.0 Å². The van der Waals surface area contributed by atoms with Gasteiger partial charge in [-0.3, -0.25) is 14.9 Å². The van der Waals surface area contributed by atoms with E-state index in [-0.39, 0.29) is 24.1 Å². The lowest BCUT2D eigenvalue weighted by Gasteiger charge is -2.15. The van der Waals surface area contributed by atoms with Crippen LogP contribution in [-0.4, -0.2) is 20.4 Å². The fraction of sp³-hybridized carbons (Fsp3) is 0.158. The molecule has 3 aromatic rings. The molecule has 0 saturated heterocycles. The minimum Gasteiger partial charge on any atom is -0.349 e. The molecule has 7 heteroatoms. The average molecular weight is 350 g/mol. The summed E-state index contributed by atoms with van der Waals surface area (Å²) in [4.78, 5) is 26.9. The van der Waals surface area contributed by atoms with Crippen LogP contribution in [0.15, 0.2) is 67.3 Å². The molecule has 1 atom stereocenters. The van der Waals surface area contributed by atoms with E-state index in [1.54, 1.807) is 30.7 Å². The fourth-order valence-corrected chi connectivity index (χ4v) is 2.73. The number of carbonyl (C=O) groups excluding carboxylic acids is 1. The molecule has 0 saturated carbocycles. The predicted octanol–water partition coefficient (Wildman–Crippen LogP) is 3.20. The number of nitrogens with zero attached hydrogens (tertiary/aromatic N) is 3. The normalized spacial score (nSPS) is 11.7. The van der Waals surface area contributed by atoms with Crippen molar-refractivity contribution in [2.45, 2.75) is 19.4 Å². The van der Waals surface area contributed by atoms with Crippen LogP contribution in [0.5, 0.6) is 0 Å². The van der Waals surface area contributed by atoms with Crippen LogP contribution in [0.25, 0.3) is 5.69 Å². The maximum atomic E-state index is 12.3. The molecule has 0 aliphatic heterocycles. The Morgan fingerprint density at radius 3 is 2.62 bits per heavy atom. The van der Waals surface area contributed by atoms with E-state index in [9.17, 15) is 14.9 Å². The van der Waals surface area contributed by atoms with Crippen molar-refractivity contribution in [2.24, 2.45) is 0 Å². The molecule has 0 aliphatic carbocycles. The van der Waals surface area contributed by atoms with E-state index < -0.39 is 4.92 Å². The topological polar surface area (TPSA) is 90.1 Å². The van der Waals surface area contributed by atoms with E-state index in [2.05, 4.69) is 10.3 Å². The van der Waals surface area contributed by atoms with Gasteiger partial charge in [-0.05, 0) is 24.6 Å². The molecule has 1 amide bonds. The first-order valence-electron chi connectivity index (χ1n) is 8.14. The highest BCUT2D eigenvalue weighted by atomic mass is 16.6. The Bertz CT molecular complexity index is 905. The van der Waals surface area contributed by atoms with Gasteiger partial charge in [0, 0.05) is 29.7 Å². The van der Waals surface area contributed by atoms with Crippen LogP contribution in [-0.2, 0) is 11.2 Å². The molecule has 1 aromatic heterocycles. The summed E-state index contributed by atoms with van der Waals surface area (Å²) in [6, 6.07) is 13.8.